The van der Waals surface area contributed by atoms with E-state index in [1.54, 1.807) is 12.4 Å². The van der Waals surface area contributed by atoms with Crippen molar-refractivity contribution >= 4 is 17.5 Å². The highest BCUT2D eigenvalue weighted by molar-refractivity contribution is 7.99. The zero-order valence-corrected chi connectivity index (χ0v) is 19.3. The smallest absolute Gasteiger partial charge is 0.196 e. The van der Waals surface area contributed by atoms with Crippen LogP contribution in [0.4, 0.5) is 0 Å². The Morgan fingerprint density at radius 3 is 2.53 bits per heavy atom. The average molecular weight is 444 g/mol. The summed E-state index contributed by atoms with van der Waals surface area (Å²) in [6, 6.07) is 14.6. The number of carbonyl (C=O) groups is 1. The topological polar surface area (TPSA) is 65.6 Å². The summed E-state index contributed by atoms with van der Waals surface area (Å²) in [6.07, 6.45) is 5.91. The number of Topliss-reactive ketones (excluding diaryl/α,β-unsaturated/α-hetero) is 1. The molecule has 0 aliphatic heterocycles. The SMILES string of the molecule is Cc1ccccc1-n1c(SCC(=O)c2cc(C)n(C3CC3)c2C)nnc1-c1ccncc1. The lowest BCUT2D eigenvalue weighted by molar-refractivity contribution is 0.102. The van der Waals surface area contributed by atoms with Gasteiger partial charge in [0.25, 0.3) is 0 Å². The Morgan fingerprint density at radius 1 is 1.06 bits per heavy atom. The number of aryl methyl sites for hydroxylation is 2. The van der Waals surface area contributed by atoms with E-state index in [9.17, 15) is 4.79 Å². The maximum Gasteiger partial charge on any atom is 0.196 e. The average Bonchev–Trinajstić information content (AvgIpc) is 3.47. The van der Waals surface area contributed by atoms with Crippen LogP contribution >= 0.6 is 11.8 Å². The molecule has 0 spiro atoms. The van der Waals surface area contributed by atoms with Gasteiger partial charge < -0.3 is 4.57 Å². The van der Waals surface area contributed by atoms with E-state index in [-0.39, 0.29) is 5.78 Å². The number of nitrogens with zero attached hydrogens (tertiary/aromatic N) is 5. The number of benzene rings is 1. The Labute approximate surface area is 191 Å². The van der Waals surface area contributed by atoms with Gasteiger partial charge in [0.2, 0.25) is 0 Å². The van der Waals surface area contributed by atoms with Gasteiger partial charge in [0.15, 0.2) is 16.8 Å². The van der Waals surface area contributed by atoms with Crippen molar-refractivity contribution in [3.05, 3.63) is 77.4 Å². The minimum Gasteiger partial charge on any atom is -0.345 e. The molecule has 1 aliphatic carbocycles. The molecule has 0 amide bonds. The van der Waals surface area contributed by atoms with Crippen LogP contribution in [0.3, 0.4) is 0 Å². The fourth-order valence-electron chi connectivity index (χ4n) is 4.24. The van der Waals surface area contributed by atoms with Crippen LogP contribution in [0.5, 0.6) is 0 Å². The van der Waals surface area contributed by atoms with E-state index in [2.05, 4.69) is 52.7 Å². The Bertz CT molecular complexity index is 1290. The number of rotatable bonds is 7. The van der Waals surface area contributed by atoms with Gasteiger partial charge in [-0.1, -0.05) is 30.0 Å². The van der Waals surface area contributed by atoms with E-state index >= 15 is 0 Å². The number of aromatic nitrogens is 5. The molecular formula is C25H25N5OS. The molecule has 0 N–H and O–H groups in total. The van der Waals surface area contributed by atoms with Gasteiger partial charge in [-0.2, -0.15) is 0 Å². The molecule has 1 saturated carbocycles. The number of ketones is 1. The molecule has 0 atom stereocenters. The van der Waals surface area contributed by atoms with Crippen molar-refractivity contribution in [1.82, 2.24) is 24.3 Å². The zero-order chi connectivity index (χ0) is 22.2. The fraction of sp³-hybridized carbons (Fsp3) is 0.280. The fourth-order valence-corrected chi connectivity index (χ4v) is 5.07. The molecule has 1 aromatic carbocycles. The number of hydrogen-bond acceptors (Lipinski definition) is 5. The monoisotopic (exact) mass is 443 g/mol. The summed E-state index contributed by atoms with van der Waals surface area (Å²) in [6.45, 7) is 6.21. The van der Waals surface area contributed by atoms with E-state index in [1.807, 2.05) is 34.9 Å². The van der Waals surface area contributed by atoms with Gasteiger partial charge in [-0.25, -0.2) is 0 Å². The van der Waals surface area contributed by atoms with Crippen LogP contribution in [-0.2, 0) is 0 Å². The molecule has 1 aliphatic rings. The van der Waals surface area contributed by atoms with E-state index in [0.29, 0.717) is 17.0 Å². The summed E-state index contributed by atoms with van der Waals surface area (Å²) in [5.74, 6) is 1.18. The maximum absolute atomic E-state index is 13.1. The van der Waals surface area contributed by atoms with Crippen molar-refractivity contribution < 1.29 is 4.79 Å². The lowest BCUT2D eigenvalue weighted by atomic mass is 10.2. The van der Waals surface area contributed by atoms with Crippen LogP contribution in [0.1, 0.15) is 46.2 Å². The van der Waals surface area contributed by atoms with Crippen molar-refractivity contribution in [2.75, 3.05) is 5.75 Å². The van der Waals surface area contributed by atoms with Crippen molar-refractivity contribution in [2.45, 2.75) is 44.8 Å². The third-order valence-electron chi connectivity index (χ3n) is 5.96. The Balaban J connectivity index is 1.47. The second-order valence-corrected chi connectivity index (χ2v) is 9.20. The predicted molar refractivity (Wildman–Crippen MR) is 127 cm³/mol. The summed E-state index contributed by atoms with van der Waals surface area (Å²) in [5, 5.41) is 9.63. The predicted octanol–water partition coefficient (Wildman–Crippen LogP) is 5.37. The van der Waals surface area contributed by atoms with Crippen LogP contribution in [0.25, 0.3) is 17.1 Å². The Hall–Kier alpha value is -3.19. The third-order valence-corrected chi connectivity index (χ3v) is 6.89. The molecule has 162 valence electrons. The zero-order valence-electron chi connectivity index (χ0n) is 18.4. The molecule has 0 saturated heterocycles. The standard InChI is InChI=1S/C25H25N5OS/c1-16-6-4-5-7-22(16)30-24(19-10-12-26-13-11-19)27-28-25(30)32-15-23(31)21-14-17(2)29(18(21)3)20-8-9-20/h4-7,10-14,20H,8-9,15H2,1-3H3. The van der Waals surface area contributed by atoms with Crippen LogP contribution in [0, 0.1) is 20.8 Å². The van der Waals surface area contributed by atoms with E-state index in [4.69, 9.17) is 0 Å². The highest BCUT2D eigenvalue weighted by atomic mass is 32.2. The van der Waals surface area contributed by atoms with Crippen molar-refractivity contribution in [1.29, 1.82) is 0 Å². The lowest BCUT2D eigenvalue weighted by Crippen LogP contribution is -2.07. The largest absolute Gasteiger partial charge is 0.345 e. The highest BCUT2D eigenvalue weighted by Crippen LogP contribution is 2.38. The van der Waals surface area contributed by atoms with Crippen molar-refractivity contribution in [3.63, 3.8) is 0 Å². The van der Waals surface area contributed by atoms with Gasteiger partial charge in [-0.3, -0.25) is 14.3 Å². The summed E-state index contributed by atoms with van der Waals surface area (Å²) in [4.78, 5) is 17.3. The minimum atomic E-state index is 0.125. The molecule has 7 heteroatoms. The van der Waals surface area contributed by atoms with Crippen LogP contribution in [0.15, 0.2) is 60.0 Å². The molecule has 6 nitrogen and oxygen atoms in total. The van der Waals surface area contributed by atoms with Gasteiger partial charge >= 0.3 is 0 Å². The molecule has 3 aromatic heterocycles. The molecule has 1 fully saturated rings. The second kappa shape index (κ2) is 8.39. The quantitative estimate of drug-likeness (QED) is 0.284. The number of hydrogen-bond donors (Lipinski definition) is 0. The number of para-hydroxylation sites is 1. The molecule has 0 radical (unpaired) electrons. The Morgan fingerprint density at radius 2 is 1.81 bits per heavy atom. The molecule has 32 heavy (non-hydrogen) atoms. The first-order chi connectivity index (χ1) is 15.5. The van der Waals surface area contributed by atoms with Crippen molar-refractivity contribution in [3.8, 4) is 17.1 Å². The second-order valence-electron chi connectivity index (χ2n) is 8.26. The van der Waals surface area contributed by atoms with E-state index in [1.165, 1.54) is 30.3 Å². The third kappa shape index (κ3) is 3.77. The summed E-state index contributed by atoms with van der Waals surface area (Å²) < 4.78 is 4.35. The highest BCUT2D eigenvalue weighted by Gasteiger charge is 2.28. The first-order valence-electron chi connectivity index (χ1n) is 10.8. The number of carbonyl (C=O) groups excluding carboxylic acids is 1. The van der Waals surface area contributed by atoms with Gasteiger partial charge in [0.05, 0.1) is 11.4 Å². The lowest BCUT2D eigenvalue weighted by Gasteiger charge is -2.12. The minimum absolute atomic E-state index is 0.125. The van der Waals surface area contributed by atoms with E-state index in [0.717, 1.165) is 33.9 Å². The molecule has 3 heterocycles. The molecule has 4 aromatic rings. The molecule has 5 rings (SSSR count). The molecule has 0 bridgehead atoms. The number of pyridine rings is 1. The van der Waals surface area contributed by atoms with Crippen LogP contribution < -0.4 is 0 Å². The number of thioether (sulfide) groups is 1. The van der Waals surface area contributed by atoms with E-state index < -0.39 is 0 Å². The van der Waals surface area contributed by atoms with Gasteiger partial charge in [0, 0.05) is 41.0 Å². The summed E-state index contributed by atoms with van der Waals surface area (Å²) in [5.41, 5.74) is 6.12. The van der Waals surface area contributed by atoms with Crippen LogP contribution in [0.2, 0.25) is 0 Å². The van der Waals surface area contributed by atoms with Gasteiger partial charge in [0.1, 0.15) is 0 Å². The first-order valence-corrected chi connectivity index (χ1v) is 11.8. The Kier molecular flexibility index (Phi) is 5.43. The summed E-state index contributed by atoms with van der Waals surface area (Å²) in [7, 11) is 0. The van der Waals surface area contributed by atoms with Gasteiger partial charge in [-0.05, 0) is 63.4 Å². The van der Waals surface area contributed by atoms with Crippen molar-refractivity contribution in [2.24, 2.45) is 0 Å². The van der Waals surface area contributed by atoms with Gasteiger partial charge in [-0.15, -0.1) is 10.2 Å². The maximum atomic E-state index is 13.1. The van der Waals surface area contributed by atoms with Crippen LogP contribution in [-0.4, -0.2) is 35.9 Å². The normalized spacial score (nSPS) is 13.5. The summed E-state index contributed by atoms with van der Waals surface area (Å²) >= 11 is 1.43. The molecule has 0 unspecified atom stereocenters. The first kappa shape index (κ1) is 20.7. The molecular weight excluding hydrogens is 418 g/mol.